The van der Waals surface area contributed by atoms with Crippen molar-refractivity contribution >= 4 is 23.4 Å². The predicted molar refractivity (Wildman–Crippen MR) is 88.9 cm³/mol. The van der Waals surface area contributed by atoms with Gasteiger partial charge in [0.15, 0.2) is 0 Å². The van der Waals surface area contributed by atoms with E-state index in [0.29, 0.717) is 11.3 Å². The van der Waals surface area contributed by atoms with Crippen molar-refractivity contribution in [2.75, 3.05) is 17.7 Å². The number of carbonyl (C=O) groups excluding carboxylic acids is 2. The van der Waals surface area contributed by atoms with Gasteiger partial charge in [-0.25, -0.2) is 9.59 Å². The Hall–Kier alpha value is -2.82. The van der Waals surface area contributed by atoms with Crippen molar-refractivity contribution in [3.8, 4) is 0 Å². The largest absolute Gasteiger partial charge is 0.465 e. The Bertz CT molecular complexity index is 756. The second-order valence-electron chi connectivity index (χ2n) is 5.49. The molecule has 5 heteroatoms. The molecular formula is C18H18N2O3. The van der Waals surface area contributed by atoms with Crippen molar-refractivity contribution in [2.45, 2.75) is 19.3 Å². The van der Waals surface area contributed by atoms with Gasteiger partial charge in [0.25, 0.3) is 0 Å². The molecule has 0 saturated carbocycles. The normalized spacial score (nSPS) is 12.4. The summed E-state index contributed by atoms with van der Waals surface area (Å²) in [6.07, 6.45) is 3.35. The predicted octanol–water partition coefficient (Wildman–Crippen LogP) is 3.61. The number of anilines is 2. The number of aryl methyl sites for hydroxylation is 2. The van der Waals surface area contributed by atoms with Crippen molar-refractivity contribution in [2.24, 2.45) is 0 Å². The molecule has 5 nitrogen and oxygen atoms in total. The number of urea groups is 1. The third-order valence-corrected chi connectivity index (χ3v) is 3.90. The van der Waals surface area contributed by atoms with Gasteiger partial charge in [-0.15, -0.1) is 0 Å². The van der Waals surface area contributed by atoms with E-state index in [1.807, 2.05) is 12.1 Å². The number of rotatable bonds is 3. The fourth-order valence-corrected chi connectivity index (χ4v) is 2.78. The third-order valence-electron chi connectivity index (χ3n) is 3.90. The van der Waals surface area contributed by atoms with Crippen LogP contribution in [0, 0.1) is 0 Å². The maximum atomic E-state index is 12.1. The molecule has 2 N–H and O–H groups in total. The van der Waals surface area contributed by atoms with Crippen molar-refractivity contribution in [1.29, 1.82) is 0 Å². The number of carbonyl (C=O) groups is 2. The van der Waals surface area contributed by atoms with Crippen LogP contribution in [0.3, 0.4) is 0 Å². The van der Waals surface area contributed by atoms with E-state index in [2.05, 4.69) is 21.4 Å². The minimum atomic E-state index is -0.437. The van der Waals surface area contributed by atoms with E-state index in [-0.39, 0.29) is 6.03 Å². The maximum Gasteiger partial charge on any atom is 0.337 e. The number of amides is 2. The Morgan fingerprint density at radius 2 is 1.70 bits per heavy atom. The van der Waals surface area contributed by atoms with Crippen molar-refractivity contribution in [3.63, 3.8) is 0 Å². The van der Waals surface area contributed by atoms with E-state index in [4.69, 9.17) is 0 Å². The summed E-state index contributed by atoms with van der Waals surface area (Å²) in [4.78, 5) is 23.6. The maximum absolute atomic E-state index is 12.1. The van der Waals surface area contributed by atoms with Gasteiger partial charge in [0.1, 0.15) is 0 Å². The van der Waals surface area contributed by atoms with Crippen LogP contribution in [0.15, 0.2) is 42.5 Å². The molecule has 0 spiro atoms. The van der Waals surface area contributed by atoms with E-state index in [1.165, 1.54) is 24.7 Å². The molecule has 0 aliphatic heterocycles. The number of methoxy groups -OCH3 is 1. The molecule has 0 bridgehead atoms. The van der Waals surface area contributed by atoms with E-state index < -0.39 is 5.97 Å². The molecule has 23 heavy (non-hydrogen) atoms. The summed E-state index contributed by atoms with van der Waals surface area (Å²) in [6.45, 7) is 0. The first-order valence-corrected chi connectivity index (χ1v) is 7.54. The first-order valence-electron chi connectivity index (χ1n) is 7.54. The second kappa shape index (κ2) is 6.52. The van der Waals surface area contributed by atoms with Gasteiger partial charge in [0.2, 0.25) is 0 Å². The smallest absolute Gasteiger partial charge is 0.337 e. The van der Waals surface area contributed by atoms with Gasteiger partial charge in [-0.3, -0.25) is 0 Å². The van der Waals surface area contributed by atoms with Crippen LogP contribution in [0.1, 0.15) is 27.9 Å². The zero-order chi connectivity index (χ0) is 16.2. The SMILES string of the molecule is COC(=O)c1cccc(NC(=O)Nc2ccc3c(c2)CCC3)c1. The van der Waals surface area contributed by atoms with Gasteiger partial charge in [0.05, 0.1) is 12.7 Å². The molecule has 0 saturated heterocycles. The standard InChI is InChI=1S/C18H18N2O3/c1-23-17(21)14-6-3-7-15(11-14)19-18(22)20-16-9-8-12-4-2-5-13(12)10-16/h3,6-11H,2,4-5H2,1H3,(H2,19,20,22). The summed E-state index contributed by atoms with van der Waals surface area (Å²) in [7, 11) is 1.32. The summed E-state index contributed by atoms with van der Waals surface area (Å²) in [6, 6.07) is 12.3. The van der Waals surface area contributed by atoms with Gasteiger partial charge in [-0.05, 0) is 60.7 Å². The first kappa shape index (κ1) is 15.1. The van der Waals surface area contributed by atoms with E-state index in [0.717, 1.165) is 18.5 Å². The van der Waals surface area contributed by atoms with E-state index in [1.54, 1.807) is 24.3 Å². The summed E-state index contributed by atoms with van der Waals surface area (Å²) in [5.41, 5.74) is 4.36. The summed E-state index contributed by atoms with van der Waals surface area (Å²) in [5.74, 6) is -0.437. The van der Waals surface area contributed by atoms with Crippen molar-refractivity contribution < 1.29 is 14.3 Å². The summed E-state index contributed by atoms with van der Waals surface area (Å²) < 4.78 is 4.67. The van der Waals surface area contributed by atoms with Crippen LogP contribution in [0.2, 0.25) is 0 Å². The number of ether oxygens (including phenoxy) is 1. The highest BCUT2D eigenvalue weighted by atomic mass is 16.5. The molecule has 1 aliphatic carbocycles. The molecule has 0 unspecified atom stereocenters. The van der Waals surface area contributed by atoms with Gasteiger partial charge < -0.3 is 15.4 Å². The fourth-order valence-electron chi connectivity index (χ4n) is 2.78. The van der Waals surface area contributed by atoms with Gasteiger partial charge in [0, 0.05) is 11.4 Å². The Labute approximate surface area is 134 Å². The lowest BCUT2D eigenvalue weighted by atomic mass is 10.1. The number of benzene rings is 2. The molecule has 2 aromatic carbocycles. The Morgan fingerprint density at radius 3 is 2.48 bits per heavy atom. The van der Waals surface area contributed by atoms with E-state index in [9.17, 15) is 9.59 Å². The number of esters is 1. The monoisotopic (exact) mass is 310 g/mol. The molecule has 0 heterocycles. The minimum Gasteiger partial charge on any atom is -0.465 e. The Kier molecular flexibility index (Phi) is 4.28. The van der Waals surface area contributed by atoms with E-state index >= 15 is 0 Å². The van der Waals surface area contributed by atoms with Crippen molar-refractivity contribution in [1.82, 2.24) is 0 Å². The number of hydrogen-bond acceptors (Lipinski definition) is 3. The van der Waals surface area contributed by atoms with Crippen LogP contribution in [-0.4, -0.2) is 19.1 Å². The molecular weight excluding hydrogens is 292 g/mol. The second-order valence-corrected chi connectivity index (χ2v) is 5.49. The molecule has 2 aromatic rings. The van der Waals surface area contributed by atoms with Crippen molar-refractivity contribution in [3.05, 3.63) is 59.2 Å². The third kappa shape index (κ3) is 3.51. The first-order chi connectivity index (χ1) is 11.2. The quantitative estimate of drug-likeness (QED) is 0.851. The summed E-state index contributed by atoms with van der Waals surface area (Å²) >= 11 is 0. The molecule has 0 aromatic heterocycles. The lowest BCUT2D eigenvalue weighted by molar-refractivity contribution is 0.0600. The lowest BCUT2D eigenvalue weighted by Gasteiger charge is -2.10. The fraction of sp³-hybridized carbons (Fsp3) is 0.222. The molecule has 0 radical (unpaired) electrons. The molecule has 118 valence electrons. The molecule has 3 rings (SSSR count). The number of hydrogen-bond donors (Lipinski definition) is 2. The van der Waals surface area contributed by atoms with Gasteiger partial charge in [-0.1, -0.05) is 12.1 Å². The molecule has 2 amide bonds. The van der Waals surface area contributed by atoms with Crippen LogP contribution < -0.4 is 10.6 Å². The molecule has 0 fully saturated rings. The minimum absolute atomic E-state index is 0.343. The number of fused-ring (bicyclic) bond motifs is 1. The highest BCUT2D eigenvalue weighted by Gasteiger charge is 2.12. The van der Waals surface area contributed by atoms with Gasteiger partial charge in [-0.2, -0.15) is 0 Å². The highest BCUT2D eigenvalue weighted by molar-refractivity contribution is 6.00. The summed E-state index contributed by atoms with van der Waals surface area (Å²) in [5, 5.41) is 5.54. The van der Waals surface area contributed by atoms with Crippen LogP contribution in [0.4, 0.5) is 16.2 Å². The van der Waals surface area contributed by atoms with Crippen LogP contribution in [0.25, 0.3) is 0 Å². The molecule has 0 atom stereocenters. The lowest BCUT2D eigenvalue weighted by Crippen LogP contribution is -2.19. The van der Waals surface area contributed by atoms with Crippen LogP contribution in [-0.2, 0) is 17.6 Å². The van der Waals surface area contributed by atoms with Crippen LogP contribution >= 0.6 is 0 Å². The average Bonchev–Trinajstić information content (AvgIpc) is 3.02. The average molecular weight is 310 g/mol. The number of nitrogens with one attached hydrogen (secondary N) is 2. The Balaban J connectivity index is 1.66. The van der Waals surface area contributed by atoms with Gasteiger partial charge >= 0.3 is 12.0 Å². The Morgan fingerprint density at radius 1 is 0.957 bits per heavy atom. The zero-order valence-corrected chi connectivity index (χ0v) is 12.9. The molecule has 1 aliphatic rings. The zero-order valence-electron chi connectivity index (χ0n) is 12.9. The van der Waals surface area contributed by atoms with Crippen LogP contribution in [0.5, 0.6) is 0 Å². The highest BCUT2D eigenvalue weighted by Crippen LogP contribution is 2.25. The topological polar surface area (TPSA) is 67.4 Å².